The van der Waals surface area contributed by atoms with Crippen molar-refractivity contribution >= 4 is 28.9 Å². The highest BCUT2D eigenvalue weighted by atomic mass is 32.1. The van der Waals surface area contributed by atoms with Crippen LogP contribution in [0.15, 0.2) is 91.0 Å². The zero-order valence-electron chi connectivity index (χ0n) is 13.8. The molecule has 0 radical (unpaired) electrons. The van der Waals surface area contributed by atoms with E-state index in [2.05, 4.69) is 27.8 Å². The van der Waals surface area contributed by atoms with Gasteiger partial charge in [-0.25, -0.2) is 5.32 Å². The maximum atomic E-state index is 5.46. The van der Waals surface area contributed by atoms with Crippen LogP contribution in [0.3, 0.4) is 0 Å². The Morgan fingerprint density at radius 2 is 1.32 bits per heavy atom. The molecule has 0 bridgehead atoms. The fraction of sp³-hybridized carbons (Fsp3) is 0.0476. The van der Waals surface area contributed by atoms with Crippen molar-refractivity contribution in [3.05, 3.63) is 102 Å². The lowest BCUT2D eigenvalue weighted by Crippen LogP contribution is -2.75. The van der Waals surface area contributed by atoms with Gasteiger partial charge in [0.2, 0.25) is 0 Å². The van der Waals surface area contributed by atoms with E-state index in [1.807, 2.05) is 78.9 Å². The maximum absolute atomic E-state index is 5.46. The van der Waals surface area contributed by atoms with Gasteiger partial charge in [0.05, 0.1) is 5.56 Å². The van der Waals surface area contributed by atoms with Crippen molar-refractivity contribution in [2.75, 3.05) is 5.32 Å². The van der Waals surface area contributed by atoms with Gasteiger partial charge in [-0.1, -0.05) is 66.7 Å². The molecule has 25 heavy (non-hydrogen) atoms. The molecule has 0 saturated heterocycles. The Kier molecular flexibility index (Phi) is 5.91. The molecule has 124 valence electrons. The summed E-state index contributed by atoms with van der Waals surface area (Å²) in [5.74, 6) is 0.873. The normalized spacial score (nSPS) is 11.0. The Balaban J connectivity index is 1.75. The molecule has 4 heteroatoms. The average molecular weight is 346 g/mol. The molecule has 0 aliphatic heterocycles. The molecular weight excluding hydrogens is 326 g/mol. The molecule has 3 rings (SSSR count). The first kappa shape index (κ1) is 16.9. The average Bonchev–Trinajstić information content (AvgIpc) is 2.67. The Labute approximate surface area is 153 Å². The minimum absolute atomic E-state index is 0.547. The topological polar surface area (TPSA) is 38.0 Å². The molecule has 3 nitrogen and oxygen atoms in total. The van der Waals surface area contributed by atoms with Crippen LogP contribution in [0.1, 0.15) is 11.1 Å². The van der Waals surface area contributed by atoms with Crippen molar-refractivity contribution in [3.63, 3.8) is 0 Å². The smallest absolute Gasteiger partial charge is 0.282 e. The van der Waals surface area contributed by atoms with E-state index in [1.54, 1.807) is 0 Å². The summed E-state index contributed by atoms with van der Waals surface area (Å²) in [6.07, 6.45) is 0. The molecule has 0 atom stereocenters. The third kappa shape index (κ3) is 5.26. The fourth-order valence-electron chi connectivity index (χ4n) is 2.41. The van der Waals surface area contributed by atoms with Gasteiger partial charge in [-0.05, 0) is 42.0 Å². The molecule has 3 aromatic carbocycles. The Hall–Kier alpha value is -2.98. The maximum Gasteiger partial charge on any atom is 0.282 e. The van der Waals surface area contributed by atoms with E-state index < -0.39 is 0 Å². The first-order valence-electron chi connectivity index (χ1n) is 8.14. The third-order valence-electron chi connectivity index (χ3n) is 3.64. The second-order valence-corrected chi connectivity index (χ2v) is 5.93. The number of rotatable bonds is 4. The van der Waals surface area contributed by atoms with Crippen molar-refractivity contribution < 1.29 is 4.99 Å². The summed E-state index contributed by atoms with van der Waals surface area (Å²) >= 11 is 5.46. The van der Waals surface area contributed by atoms with E-state index in [0.717, 1.165) is 17.1 Å². The Morgan fingerprint density at radius 3 is 1.96 bits per heavy atom. The summed E-state index contributed by atoms with van der Waals surface area (Å²) in [6, 6.07) is 30.3. The molecule has 0 amide bonds. The largest absolute Gasteiger partial charge is 0.313 e. The highest BCUT2D eigenvalue weighted by molar-refractivity contribution is 7.80. The first-order valence-corrected chi connectivity index (χ1v) is 8.55. The lowest BCUT2D eigenvalue weighted by molar-refractivity contribution is -0.476. The number of nitrogens with one attached hydrogen (secondary N) is 3. The fourth-order valence-corrected chi connectivity index (χ4v) is 2.63. The van der Waals surface area contributed by atoms with Crippen LogP contribution in [0.5, 0.6) is 0 Å². The number of hydrogen-bond acceptors (Lipinski definition) is 1. The van der Waals surface area contributed by atoms with Crippen LogP contribution in [0.2, 0.25) is 0 Å². The van der Waals surface area contributed by atoms with Crippen molar-refractivity contribution in [1.29, 1.82) is 0 Å². The van der Waals surface area contributed by atoms with Crippen LogP contribution in [-0.4, -0.2) is 10.9 Å². The SMILES string of the molecule is S=C(NC(=[NH+]Cc1ccccc1)c1ccccc1)Nc1ccccc1. The Morgan fingerprint density at radius 1 is 0.760 bits per heavy atom. The molecule has 0 heterocycles. The molecule has 0 aliphatic carbocycles. The van der Waals surface area contributed by atoms with Crippen molar-refractivity contribution in [2.45, 2.75) is 6.54 Å². The van der Waals surface area contributed by atoms with E-state index in [4.69, 9.17) is 12.2 Å². The number of anilines is 1. The van der Waals surface area contributed by atoms with Crippen LogP contribution >= 0.6 is 12.2 Å². The number of hydrogen-bond donors (Lipinski definition) is 3. The van der Waals surface area contributed by atoms with Gasteiger partial charge in [0, 0.05) is 5.69 Å². The second kappa shape index (κ2) is 8.76. The van der Waals surface area contributed by atoms with Crippen LogP contribution in [0.4, 0.5) is 5.69 Å². The molecule has 3 N–H and O–H groups in total. The minimum atomic E-state index is 0.547. The number of benzene rings is 3. The van der Waals surface area contributed by atoms with E-state index in [9.17, 15) is 0 Å². The number of para-hydroxylation sites is 1. The van der Waals surface area contributed by atoms with Gasteiger partial charge in [-0.2, -0.15) is 0 Å². The molecule has 3 aromatic rings. The zero-order chi connectivity index (χ0) is 17.3. The second-order valence-electron chi connectivity index (χ2n) is 5.53. The minimum Gasteiger partial charge on any atom is -0.313 e. The summed E-state index contributed by atoms with van der Waals surface area (Å²) in [5.41, 5.74) is 3.21. The summed E-state index contributed by atoms with van der Waals surface area (Å²) in [6.45, 7) is 0.714. The van der Waals surface area contributed by atoms with E-state index in [1.165, 1.54) is 5.56 Å². The summed E-state index contributed by atoms with van der Waals surface area (Å²) in [7, 11) is 0. The van der Waals surface area contributed by atoms with Crippen LogP contribution in [0.25, 0.3) is 0 Å². The van der Waals surface area contributed by atoms with Crippen LogP contribution in [0, 0.1) is 0 Å². The van der Waals surface area contributed by atoms with Crippen molar-refractivity contribution in [3.8, 4) is 0 Å². The van der Waals surface area contributed by atoms with E-state index in [-0.39, 0.29) is 0 Å². The van der Waals surface area contributed by atoms with Gasteiger partial charge in [-0.15, -0.1) is 0 Å². The number of thiocarbonyl (C=S) groups is 1. The molecular formula is C21H20N3S+. The van der Waals surface area contributed by atoms with Gasteiger partial charge in [0.25, 0.3) is 10.9 Å². The van der Waals surface area contributed by atoms with Gasteiger partial charge >= 0.3 is 0 Å². The molecule has 0 aliphatic rings. The first-order chi connectivity index (χ1) is 12.3. The quantitative estimate of drug-likeness (QED) is 0.386. The lowest BCUT2D eigenvalue weighted by Gasteiger charge is -2.07. The predicted octanol–water partition coefficient (Wildman–Crippen LogP) is 2.70. The lowest BCUT2D eigenvalue weighted by atomic mass is 10.2. The van der Waals surface area contributed by atoms with Crippen molar-refractivity contribution in [2.24, 2.45) is 0 Å². The van der Waals surface area contributed by atoms with Crippen LogP contribution in [-0.2, 0) is 6.54 Å². The molecule has 0 spiro atoms. The third-order valence-corrected chi connectivity index (χ3v) is 3.85. The predicted molar refractivity (Wildman–Crippen MR) is 107 cm³/mol. The highest BCUT2D eigenvalue weighted by Crippen LogP contribution is 2.04. The van der Waals surface area contributed by atoms with Gasteiger partial charge < -0.3 is 5.32 Å². The van der Waals surface area contributed by atoms with Crippen LogP contribution < -0.4 is 15.6 Å². The summed E-state index contributed by atoms with van der Waals surface area (Å²) in [5, 5.41) is 7.02. The van der Waals surface area contributed by atoms with Gasteiger partial charge in [0.1, 0.15) is 6.54 Å². The Bertz CT molecular complexity index is 831. The monoisotopic (exact) mass is 346 g/mol. The standard InChI is InChI=1S/C21H19N3S/c25-21(23-19-14-8-3-9-15-19)24-20(18-12-6-2-7-13-18)22-16-17-10-4-1-5-11-17/h1-15H,16H2,(H2,22,23,24,25)/p+1. The molecule has 0 aromatic heterocycles. The van der Waals surface area contributed by atoms with E-state index in [0.29, 0.717) is 11.7 Å². The molecule has 0 fully saturated rings. The van der Waals surface area contributed by atoms with Crippen molar-refractivity contribution in [1.82, 2.24) is 5.32 Å². The summed E-state index contributed by atoms with van der Waals surface area (Å²) in [4.78, 5) is 3.45. The number of amidine groups is 1. The van der Waals surface area contributed by atoms with Gasteiger partial charge in [0.15, 0.2) is 0 Å². The molecule has 0 saturated carbocycles. The highest BCUT2D eigenvalue weighted by Gasteiger charge is 2.13. The van der Waals surface area contributed by atoms with E-state index >= 15 is 0 Å². The summed E-state index contributed by atoms with van der Waals surface area (Å²) < 4.78 is 0. The zero-order valence-corrected chi connectivity index (χ0v) is 14.6. The van der Waals surface area contributed by atoms with Gasteiger partial charge in [-0.3, -0.25) is 4.99 Å². The molecule has 0 unspecified atom stereocenters.